The van der Waals surface area contributed by atoms with Crippen LogP contribution in [-0.2, 0) is 23.3 Å². The van der Waals surface area contributed by atoms with E-state index in [9.17, 15) is 9.18 Å². The summed E-state index contributed by atoms with van der Waals surface area (Å²) in [4.78, 5) is 30.8. The molecule has 0 unspecified atom stereocenters. The highest BCUT2D eigenvalue weighted by Crippen LogP contribution is 2.51. The van der Waals surface area contributed by atoms with Gasteiger partial charge < -0.3 is 4.79 Å². The molecule has 2 aromatic carbocycles. The summed E-state index contributed by atoms with van der Waals surface area (Å²) in [5, 5.41) is 0.756. The zero-order chi connectivity index (χ0) is 141. The first-order chi connectivity index (χ1) is 75.4. The van der Waals surface area contributed by atoms with Crippen molar-refractivity contribution < 1.29 is 184 Å². The van der Waals surface area contributed by atoms with Crippen LogP contribution < -0.4 is 0 Å². The summed E-state index contributed by atoms with van der Waals surface area (Å²) < 4.78 is 599. The van der Waals surface area contributed by atoms with Gasteiger partial charge in [0.05, 0.1) is 29.2 Å². The lowest BCUT2D eigenvalue weighted by molar-refractivity contribution is -0.121. The molecule has 304 valence electrons. The van der Waals surface area contributed by atoms with Gasteiger partial charge in [-0.2, -0.15) is 0 Å². The van der Waals surface area contributed by atoms with Crippen LogP contribution in [0.4, 0.5) is 8.78 Å². The molecule has 0 N–H and O–H groups in total. The number of ketones is 1. The van der Waals surface area contributed by atoms with E-state index in [2.05, 4.69) is 9.83 Å². The molecular formula is C31H140F2N4O. The minimum atomic E-state index is -0.751. The Bertz CT molecular complexity index is 1830. The van der Waals surface area contributed by atoms with Crippen molar-refractivity contribution in [2.75, 3.05) is 0 Å². The van der Waals surface area contributed by atoms with Gasteiger partial charge in [-0.15, -0.1) is 0 Å². The van der Waals surface area contributed by atoms with Crippen LogP contribution in [-0.4, -0.2) is 20.7 Å². The second-order valence-electron chi connectivity index (χ2n) is 10.2. The van der Waals surface area contributed by atoms with Crippen LogP contribution in [0.2, 0.25) is 0 Å². The average Bonchev–Trinajstić information content (AvgIpc) is 0.717. The summed E-state index contributed by atoms with van der Waals surface area (Å²) in [5.41, 5.74) is 3.16. The predicted molar refractivity (Wildman–Crippen MR) is 264 cm³/mol. The van der Waals surface area contributed by atoms with Gasteiger partial charge in [0.15, 0.2) is 11.6 Å². The number of rotatable bonds is 3. The van der Waals surface area contributed by atoms with Crippen molar-refractivity contribution in [2.45, 2.75) is 38.8 Å². The van der Waals surface area contributed by atoms with Gasteiger partial charge in [-0.05, 0) is 43.0 Å². The maximum atomic E-state index is 15.2. The number of aromatic nitrogens is 3. The number of fused-ring (bicyclic) bond motifs is 4. The van der Waals surface area contributed by atoms with E-state index in [1.165, 1.54) is 6.07 Å². The molecular weight excluding hydrogens is 482 g/mol. The molecule has 0 aliphatic heterocycles. The standard InChI is InChI=1S/C31H24F2N4O.58H2/c1-17-23-13-12-21-27(20-9-4-6-10-24(20)33)36-30(37-29(21)31(23,2)15-26(34-3)28(17)38)22-14-18(16-32)35-25-11-7-5-8-19(22)25;;;;;;;;;;;;;;;;;;;;;;;;;;;;;;;;;;;;;;;;;;;;;;;;;;;;;;;;;;/h4-11,14-15,17,23H,12-13,16H2,1-2H3;58*1H/t17-,23-,31-;;;;;;;;;;;;;;;;;;;;;;;;;;;;;;;;;;;;;;;;;;;;;;;;;;;;;;;;;;/m1........................................................../s1/i;57*1+2T;1+2. The average molecular weight is 854 g/mol. The lowest BCUT2D eigenvalue weighted by Gasteiger charge is -2.46. The smallest absolute Gasteiger partial charge is 0.226 e. The number of benzene rings is 2. The monoisotopic (exact) mass is 854 g/mol. The minimum Gasteiger partial charge on any atom is -0.308 e. The predicted octanol–water partition coefficient (Wildman–Crippen LogP) is 21.1. The number of hydrogen-bond acceptors (Lipinski definition) is 4. The van der Waals surface area contributed by atoms with Crippen LogP contribution >= 0.6 is 0 Å². The number of pyridine rings is 1. The number of allylic oxidation sites excluding steroid dienone is 2. The number of alkyl halides is 1. The molecule has 3 atom stereocenters. The van der Waals surface area contributed by atoms with Crippen molar-refractivity contribution in [1.29, 1.82) is 0 Å². The summed E-state index contributed by atoms with van der Waals surface area (Å²) in [6, 6.07) is 15.5. The first-order valence-corrected chi connectivity index (χ1v) is 12.6. The van der Waals surface area contributed by atoms with Crippen LogP contribution in [0.15, 0.2) is 66.4 Å². The third-order valence-corrected chi connectivity index (χ3v) is 8.10. The zero-order valence-electron chi connectivity index (χ0n) is 135. The highest BCUT2D eigenvalue weighted by Gasteiger charge is 2.49. The van der Waals surface area contributed by atoms with Gasteiger partial charge in [0.2, 0.25) is 5.70 Å². The number of Topliss-reactive ketones (excluding diaryl/α,β-unsaturated/α-hetero) is 1. The molecule has 2 aromatic heterocycles. The number of hydrogen-bond donors (Lipinski definition) is 0. The van der Waals surface area contributed by atoms with Crippen LogP contribution in [0.1, 0.15) is 208 Å². The number of carbonyl (C=O) groups is 1. The van der Waals surface area contributed by atoms with Crippen molar-refractivity contribution in [3.05, 3.63) is 101 Å². The van der Waals surface area contributed by atoms with Crippen molar-refractivity contribution in [1.82, 2.24) is 15.0 Å². The van der Waals surface area contributed by atoms with Gasteiger partial charge in [-0.25, -0.2) is 28.6 Å². The van der Waals surface area contributed by atoms with Gasteiger partial charge in [0.25, 0.3) is 0 Å². The second kappa shape index (κ2) is 8.91. The van der Waals surface area contributed by atoms with Gasteiger partial charge in [-0.1, -0.05) is 50.3 Å². The molecule has 2 heterocycles. The highest BCUT2D eigenvalue weighted by molar-refractivity contribution is 6.00. The molecule has 0 amide bonds. The Morgan fingerprint density at radius 2 is 1.89 bits per heavy atom. The van der Waals surface area contributed by atoms with E-state index in [4.69, 9.17) is 186 Å². The van der Waals surface area contributed by atoms with Gasteiger partial charge in [0, 0.05) is 204 Å². The molecule has 5 nitrogen and oxygen atoms in total. The minimum absolute atomic E-state index is 0. The van der Waals surface area contributed by atoms with E-state index >= 15 is 4.39 Å². The number of nitrogens with zero attached hydrogens (tertiary/aromatic N) is 4. The van der Waals surface area contributed by atoms with E-state index in [1.54, 1.807) is 30.3 Å². The van der Waals surface area contributed by atoms with Crippen LogP contribution in [0.5, 0.6) is 0 Å². The van der Waals surface area contributed by atoms with E-state index in [0.29, 0.717) is 46.7 Å². The maximum absolute atomic E-state index is 15.2. The summed E-state index contributed by atoms with van der Waals surface area (Å²) in [5.74, 6) is -0.640. The fraction of sp³-hybridized carbons (Fsp3) is 0.258. The van der Waals surface area contributed by atoms with Crippen LogP contribution in [0, 0.1) is 24.2 Å². The fourth-order valence-corrected chi connectivity index (χ4v) is 6.23. The Kier molecular flexibility index (Phi) is 0.922. The first kappa shape index (κ1) is 3.93. The Morgan fingerprint density at radius 1 is 1.13 bits per heavy atom. The quantitative estimate of drug-likeness (QED) is 0.193. The van der Waals surface area contributed by atoms with Gasteiger partial charge in [-0.3, -0.25) is 0 Å². The summed E-state index contributed by atoms with van der Waals surface area (Å²) in [6.07, 6.45) is 3.00. The maximum Gasteiger partial charge on any atom is 0.226 e. The Hall–Kier alpha value is -4.31. The molecule has 2 aliphatic rings. The van der Waals surface area contributed by atoms with Crippen molar-refractivity contribution >= 4 is 16.7 Å². The summed E-state index contributed by atoms with van der Waals surface area (Å²) >= 11 is 0. The van der Waals surface area contributed by atoms with Crippen LogP contribution in [0.25, 0.3) is 38.4 Å². The van der Waals surface area contributed by atoms with E-state index in [1.807, 2.05) is 38.1 Å². The van der Waals surface area contributed by atoms with Gasteiger partial charge in [0.1, 0.15) is 12.5 Å². The van der Waals surface area contributed by atoms with Crippen molar-refractivity contribution in [3.63, 3.8) is 0 Å². The molecule has 6 rings (SSSR count). The lowest BCUT2D eigenvalue weighted by atomic mass is 9.58. The molecule has 2 aliphatic carbocycles. The van der Waals surface area contributed by atoms with E-state index in [-0.39, 0.29) is 30.4 Å². The Balaban J connectivity index is -0.0000000147. The largest absolute Gasteiger partial charge is 0.308 e. The van der Waals surface area contributed by atoms with Crippen LogP contribution in [0.3, 0.4) is 0 Å². The molecule has 0 fully saturated rings. The molecule has 0 bridgehead atoms. The third kappa shape index (κ3) is 3.55. The summed E-state index contributed by atoms with van der Waals surface area (Å²) in [7, 11) is 0. The topological polar surface area (TPSA) is 60.1 Å². The number of para-hydroxylation sites is 1. The molecule has 7 heteroatoms. The summed E-state index contributed by atoms with van der Waals surface area (Å²) in [6.45, 7) is 10.7. The molecule has 38 heavy (non-hydrogen) atoms. The highest BCUT2D eigenvalue weighted by atomic mass is 19.1. The SMILES string of the molecule is [3HH].[3H][3H].[3H][3H].[3H][3H].[3H][3H].[3H][3H].[3H][3H].[3H][3H].[3H][3H].[3H][3H].[3H][3H].[3H][3H].[3H][3H].[3H][3H].[3H][3H].[3H][3H].[3H][3H].[3H][3H].[3H][3H].[3H][3H].[3H][3H].[3H][3H].[3H][3H].[3H][3H].[3H][3H].[3H][3H].[3H][3H].[3H][3H].[3H][3H].[3H][3H].[3H][3H].[3H][3H].[3H][3H].[3H][3H].[3H][3H].[3H][3H].[3H][3H].[3H][3H].[3H][3H].[3H][3H].[3H][3H].[3H][3H].[3H][3H].[3H][3H].[3H][3H].[3H][3H].[3H][3H].[3H][3H].[3H][3H].[3H][3H].[3H][3H].[3H][3H].[3H][3H].[3H][3H].[3H][3H].[3H][3H].[3H][3H].[3H][3H].[C-]#[N+]C1=C[C@@]2(C)c3nc(-c4cc(CF)nc5ccccc45)nc(-c4ccccc4F)c3CC[C@@H]2[C@@H](C)C1=O. The molecule has 0 saturated heterocycles. The zero-order valence-corrected chi connectivity index (χ0v) is 21.0. The van der Waals surface area contributed by atoms with Crippen molar-refractivity contribution in [2.24, 2.45) is 11.8 Å². The second-order valence-corrected chi connectivity index (χ2v) is 10.2. The normalized spacial score (nSPS) is 34.4. The molecule has 0 saturated carbocycles. The molecule has 0 radical (unpaired) electrons. The lowest BCUT2D eigenvalue weighted by Crippen LogP contribution is -2.46. The molecule has 4 aromatic rings. The van der Waals surface area contributed by atoms with E-state index < -0.39 is 17.9 Å². The van der Waals surface area contributed by atoms with Gasteiger partial charge >= 0.3 is 0 Å². The van der Waals surface area contributed by atoms with Crippen molar-refractivity contribution in [3.8, 4) is 22.6 Å². The first-order valence-electron chi connectivity index (χ1n) is 69.6. The fourth-order valence-electron chi connectivity index (χ4n) is 6.23. The number of halogens is 2. The molecule has 0 spiro atoms. The Morgan fingerprint density at radius 3 is 2.66 bits per heavy atom. The van der Waals surface area contributed by atoms with E-state index in [0.717, 1.165) is 10.9 Å². The third-order valence-electron chi connectivity index (χ3n) is 8.10. The number of carbonyl (C=O) groups excluding carboxylic acids is 1. The Labute approximate surface area is 396 Å².